The smallest absolute Gasteiger partial charge is 0.272 e. The number of aromatic nitrogens is 1. The van der Waals surface area contributed by atoms with Gasteiger partial charge in [0.25, 0.3) is 5.91 Å². The van der Waals surface area contributed by atoms with E-state index in [-0.39, 0.29) is 11.3 Å². The fourth-order valence-corrected chi connectivity index (χ4v) is 1.82. The molecule has 0 bridgehead atoms. The molecule has 1 aromatic heterocycles. The quantitative estimate of drug-likeness (QED) is 0.659. The third-order valence-corrected chi connectivity index (χ3v) is 2.66. The van der Waals surface area contributed by atoms with Crippen molar-refractivity contribution in [2.24, 2.45) is 0 Å². The van der Waals surface area contributed by atoms with E-state index in [2.05, 4.69) is 4.98 Å². The molecule has 74 valence electrons. The molecular formula is C10H11ClN2O. The van der Waals surface area contributed by atoms with Crippen molar-refractivity contribution >= 4 is 17.5 Å². The number of carbonyl (C=O) groups excluding carboxylic acids is 1. The van der Waals surface area contributed by atoms with Gasteiger partial charge in [0.05, 0.1) is 5.38 Å². The van der Waals surface area contributed by atoms with Crippen LogP contribution in [0.25, 0.3) is 0 Å². The highest BCUT2D eigenvalue weighted by Crippen LogP contribution is 2.16. The van der Waals surface area contributed by atoms with Crippen LogP contribution in [0.15, 0.2) is 24.4 Å². The minimum Gasteiger partial charge on any atom is -0.336 e. The minimum absolute atomic E-state index is 0.0197. The second kappa shape index (κ2) is 3.96. The van der Waals surface area contributed by atoms with Crippen molar-refractivity contribution in [3.63, 3.8) is 0 Å². The SMILES string of the molecule is O=C(c1ccccn1)N1CCC(Cl)C1. The summed E-state index contributed by atoms with van der Waals surface area (Å²) in [5.74, 6) is -0.0197. The first kappa shape index (κ1) is 9.46. The van der Waals surface area contributed by atoms with Gasteiger partial charge < -0.3 is 4.90 Å². The van der Waals surface area contributed by atoms with Gasteiger partial charge in [0.2, 0.25) is 0 Å². The van der Waals surface area contributed by atoms with Gasteiger partial charge in [0.15, 0.2) is 0 Å². The van der Waals surface area contributed by atoms with Gasteiger partial charge in [0, 0.05) is 19.3 Å². The molecule has 2 heterocycles. The highest BCUT2D eigenvalue weighted by atomic mass is 35.5. The number of pyridine rings is 1. The lowest BCUT2D eigenvalue weighted by Gasteiger charge is -2.14. The number of hydrogen-bond donors (Lipinski definition) is 0. The molecule has 1 aromatic rings. The van der Waals surface area contributed by atoms with Gasteiger partial charge in [-0.15, -0.1) is 11.6 Å². The lowest BCUT2D eigenvalue weighted by atomic mass is 10.3. The fraction of sp³-hybridized carbons (Fsp3) is 0.400. The number of hydrogen-bond acceptors (Lipinski definition) is 2. The summed E-state index contributed by atoms with van der Waals surface area (Å²) in [5.41, 5.74) is 0.498. The monoisotopic (exact) mass is 210 g/mol. The van der Waals surface area contributed by atoms with Gasteiger partial charge in [-0.3, -0.25) is 9.78 Å². The molecule has 3 nitrogen and oxygen atoms in total. The van der Waals surface area contributed by atoms with Gasteiger partial charge in [-0.2, -0.15) is 0 Å². The van der Waals surface area contributed by atoms with Crippen LogP contribution in [0.4, 0.5) is 0 Å². The van der Waals surface area contributed by atoms with E-state index < -0.39 is 0 Å². The number of likely N-dealkylation sites (tertiary alicyclic amines) is 1. The third-order valence-electron chi connectivity index (χ3n) is 2.30. The second-order valence-corrected chi connectivity index (χ2v) is 3.97. The van der Waals surface area contributed by atoms with Gasteiger partial charge >= 0.3 is 0 Å². The Morgan fingerprint density at radius 3 is 3.00 bits per heavy atom. The topological polar surface area (TPSA) is 33.2 Å². The number of carbonyl (C=O) groups is 1. The summed E-state index contributed by atoms with van der Waals surface area (Å²) in [7, 11) is 0. The zero-order chi connectivity index (χ0) is 9.97. The number of amides is 1. The molecule has 4 heteroatoms. The van der Waals surface area contributed by atoms with E-state index in [1.165, 1.54) is 0 Å². The molecule has 0 N–H and O–H groups in total. The van der Waals surface area contributed by atoms with Crippen molar-refractivity contribution in [2.75, 3.05) is 13.1 Å². The normalized spacial score (nSPS) is 21.2. The maximum Gasteiger partial charge on any atom is 0.272 e. The average Bonchev–Trinajstić information content (AvgIpc) is 2.65. The first-order valence-electron chi connectivity index (χ1n) is 4.62. The lowest BCUT2D eigenvalue weighted by Crippen LogP contribution is -2.29. The number of alkyl halides is 1. The van der Waals surface area contributed by atoms with Gasteiger partial charge in [0.1, 0.15) is 5.69 Å². The molecule has 14 heavy (non-hydrogen) atoms. The molecule has 0 aromatic carbocycles. The van der Waals surface area contributed by atoms with Crippen molar-refractivity contribution < 1.29 is 4.79 Å². The number of halogens is 1. The third kappa shape index (κ3) is 1.87. The van der Waals surface area contributed by atoms with Crippen LogP contribution < -0.4 is 0 Å². The highest BCUT2D eigenvalue weighted by Gasteiger charge is 2.25. The van der Waals surface area contributed by atoms with Crippen LogP contribution >= 0.6 is 11.6 Å². The van der Waals surface area contributed by atoms with Crippen LogP contribution in [0, 0.1) is 0 Å². The molecule has 0 spiro atoms. The van der Waals surface area contributed by atoms with E-state index in [1.54, 1.807) is 23.2 Å². The van der Waals surface area contributed by atoms with Gasteiger partial charge in [-0.05, 0) is 18.6 Å². The molecule has 1 fully saturated rings. The van der Waals surface area contributed by atoms with E-state index >= 15 is 0 Å². The summed E-state index contributed by atoms with van der Waals surface area (Å²) in [4.78, 5) is 17.6. The molecule has 1 aliphatic rings. The van der Waals surface area contributed by atoms with Crippen LogP contribution in [-0.4, -0.2) is 34.3 Å². The van der Waals surface area contributed by atoms with E-state index in [9.17, 15) is 4.79 Å². The fourth-order valence-electron chi connectivity index (χ4n) is 1.55. The Kier molecular flexibility index (Phi) is 2.68. The van der Waals surface area contributed by atoms with Crippen molar-refractivity contribution in [1.29, 1.82) is 0 Å². The van der Waals surface area contributed by atoms with Gasteiger partial charge in [-0.1, -0.05) is 6.07 Å². The van der Waals surface area contributed by atoms with Crippen molar-refractivity contribution in [1.82, 2.24) is 9.88 Å². The molecule has 0 saturated carbocycles. The van der Waals surface area contributed by atoms with E-state index in [0.717, 1.165) is 13.0 Å². The Balaban J connectivity index is 2.10. The minimum atomic E-state index is -0.0197. The van der Waals surface area contributed by atoms with Crippen LogP contribution in [-0.2, 0) is 0 Å². The molecular weight excluding hydrogens is 200 g/mol. The predicted molar refractivity (Wildman–Crippen MR) is 54.4 cm³/mol. The van der Waals surface area contributed by atoms with Crippen LogP contribution in [0.3, 0.4) is 0 Å². The van der Waals surface area contributed by atoms with E-state index in [1.807, 2.05) is 6.07 Å². The number of nitrogens with zero attached hydrogens (tertiary/aromatic N) is 2. The molecule has 1 saturated heterocycles. The molecule has 1 aliphatic heterocycles. The highest BCUT2D eigenvalue weighted by molar-refractivity contribution is 6.21. The standard InChI is InChI=1S/C10H11ClN2O/c11-8-4-6-13(7-8)10(14)9-3-1-2-5-12-9/h1-3,5,8H,4,6-7H2. The van der Waals surface area contributed by atoms with Crippen LogP contribution in [0.2, 0.25) is 0 Å². The second-order valence-electron chi connectivity index (χ2n) is 3.35. The Bertz CT molecular complexity index is 328. The average molecular weight is 211 g/mol. The largest absolute Gasteiger partial charge is 0.336 e. The summed E-state index contributed by atoms with van der Waals surface area (Å²) in [6.07, 6.45) is 2.50. The first-order valence-corrected chi connectivity index (χ1v) is 5.05. The van der Waals surface area contributed by atoms with Crippen molar-refractivity contribution in [3.8, 4) is 0 Å². The Morgan fingerprint density at radius 2 is 2.43 bits per heavy atom. The summed E-state index contributed by atoms with van der Waals surface area (Å²) in [6.45, 7) is 1.38. The zero-order valence-corrected chi connectivity index (χ0v) is 8.44. The van der Waals surface area contributed by atoms with Crippen molar-refractivity contribution in [3.05, 3.63) is 30.1 Å². The summed E-state index contributed by atoms with van der Waals surface area (Å²) in [5, 5.41) is 0.0997. The van der Waals surface area contributed by atoms with Crippen molar-refractivity contribution in [2.45, 2.75) is 11.8 Å². The number of rotatable bonds is 1. The molecule has 1 amide bonds. The van der Waals surface area contributed by atoms with Gasteiger partial charge in [-0.25, -0.2) is 0 Å². The molecule has 0 aliphatic carbocycles. The van der Waals surface area contributed by atoms with E-state index in [4.69, 9.17) is 11.6 Å². The summed E-state index contributed by atoms with van der Waals surface area (Å²) < 4.78 is 0. The molecule has 0 radical (unpaired) electrons. The zero-order valence-electron chi connectivity index (χ0n) is 7.69. The summed E-state index contributed by atoms with van der Waals surface area (Å²) >= 11 is 5.92. The molecule has 1 atom stereocenters. The molecule has 2 rings (SSSR count). The Labute approximate surface area is 87.7 Å². The predicted octanol–water partition coefficient (Wildman–Crippen LogP) is 1.53. The lowest BCUT2D eigenvalue weighted by molar-refractivity contribution is 0.0787. The molecule has 1 unspecified atom stereocenters. The summed E-state index contributed by atoms with van der Waals surface area (Å²) in [6, 6.07) is 5.34. The maximum atomic E-state index is 11.8. The Hall–Kier alpha value is -1.09. The Morgan fingerprint density at radius 1 is 1.57 bits per heavy atom. The first-order chi connectivity index (χ1) is 6.77. The maximum absolute atomic E-state index is 11.8. The van der Waals surface area contributed by atoms with Crippen LogP contribution in [0.1, 0.15) is 16.9 Å². The van der Waals surface area contributed by atoms with E-state index in [0.29, 0.717) is 12.2 Å². The van der Waals surface area contributed by atoms with Crippen LogP contribution in [0.5, 0.6) is 0 Å².